The lowest BCUT2D eigenvalue weighted by Gasteiger charge is -2.37. The molecule has 35 heavy (non-hydrogen) atoms. The number of ether oxygens (including phenoxy) is 1. The van der Waals surface area contributed by atoms with Crippen molar-refractivity contribution in [3.63, 3.8) is 0 Å². The smallest absolute Gasteiger partial charge is 0.136 e. The summed E-state index contributed by atoms with van der Waals surface area (Å²) in [6.07, 6.45) is 0.314. The molecule has 0 amide bonds. The van der Waals surface area contributed by atoms with Gasteiger partial charge in [-0.25, -0.2) is 9.97 Å². The van der Waals surface area contributed by atoms with Crippen LogP contribution in [0, 0.1) is 34.6 Å². The maximum Gasteiger partial charge on any atom is 0.136 e. The fourth-order valence-electron chi connectivity index (χ4n) is 4.76. The fraction of sp³-hybridized carbons (Fsp3) is 0.448. The number of anilines is 1. The Morgan fingerprint density at radius 3 is 2.40 bits per heavy atom. The third kappa shape index (κ3) is 6.38. The summed E-state index contributed by atoms with van der Waals surface area (Å²) < 4.78 is 5.84. The Kier molecular flexibility index (Phi) is 8.04. The van der Waals surface area contributed by atoms with E-state index < -0.39 is 6.10 Å². The van der Waals surface area contributed by atoms with Crippen molar-refractivity contribution in [2.45, 2.75) is 47.1 Å². The number of piperazine rings is 1. The number of hydrogen-bond donors (Lipinski definition) is 1. The van der Waals surface area contributed by atoms with Crippen molar-refractivity contribution in [1.82, 2.24) is 14.9 Å². The Labute approximate surface area is 209 Å². The number of aryl methyl sites for hydroxylation is 5. The highest BCUT2D eigenvalue weighted by atomic mass is 16.5. The van der Waals surface area contributed by atoms with Gasteiger partial charge in [0.25, 0.3) is 0 Å². The molecule has 1 aliphatic heterocycles. The minimum Gasteiger partial charge on any atom is -0.491 e. The Morgan fingerprint density at radius 2 is 1.66 bits per heavy atom. The molecular formula is C29H38N4O2. The number of aromatic nitrogens is 2. The molecule has 0 aliphatic carbocycles. The normalized spacial score (nSPS) is 15.3. The van der Waals surface area contributed by atoms with Crippen LogP contribution in [-0.4, -0.2) is 65.4 Å². The molecule has 6 nitrogen and oxygen atoms in total. The maximum atomic E-state index is 10.6. The second-order valence-corrected chi connectivity index (χ2v) is 9.78. The van der Waals surface area contributed by atoms with Crippen molar-refractivity contribution in [3.05, 3.63) is 81.8 Å². The Morgan fingerprint density at radius 1 is 0.914 bits per heavy atom. The van der Waals surface area contributed by atoms with Gasteiger partial charge in [-0.15, -0.1) is 0 Å². The van der Waals surface area contributed by atoms with Crippen LogP contribution in [-0.2, 0) is 6.42 Å². The van der Waals surface area contributed by atoms with Crippen LogP contribution in [0.15, 0.2) is 42.5 Å². The third-order valence-corrected chi connectivity index (χ3v) is 6.84. The molecule has 0 radical (unpaired) electrons. The van der Waals surface area contributed by atoms with Crippen LogP contribution in [0.4, 0.5) is 5.82 Å². The number of rotatable bonds is 8. The van der Waals surface area contributed by atoms with E-state index in [4.69, 9.17) is 9.72 Å². The zero-order valence-corrected chi connectivity index (χ0v) is 21.7. The second kappa shape index (κ2) is 11.2. The SMILES string of the molecule is Cc1ccc(C)c(Cc2c(C)nc(C)nc2N2CCN(C[C@H](O)COc3ccccc3C)CC2)c1. The molecule has 4 rings (SSSR count). The molecule has 6 heteroatoms. The monoisotopic (exact) mass is 474 g/mol. The van der Waals surface area contributed by atoms with Crippen LogP contribution in [0.1, 0.15) is 39.3 Å². The number of aliphatic hydroxyl groups excluding tert-OH is 1. The van der Waals surface area contributed by atoms with E-state index >= 15 is 0 Å². The van der Waals surface area contributed by atoms with Gasteiger partial charge in [0, 0.05) is 50.4 Å². The minimum atomic E-state index is -0.524. The van der Waals surface area contributed by atoms with Gasteiger partial charge in [0.2, 0.25) is 0 Å². The first-order chi connectivity index (χ1) is 16.8. The minimum absolute atomic E-state index is 0.301. The lowest BCUT2D eigenvalue weighted by atomic mass is 9.97. The number of para-hydroxylation sites is 1. The highest BCUT2D eigenvalue weighted by molar-refractivity contribution is 5.52. The summed E-state index contributed by atoms with van der Waals surface area (Å²) in [5.41, 5.74) is 7.26. The van der Waals surface area contributed by atoms with E-state index in [9.17, 15) is 5.11 Å². The number of nitrogens with zero attached hydrogens (tertiary/aromatic N) is 4. The number of benzene rings is 2. The van der Waals surface area contributed by atoms with Gasteiger partial charge < -0.3 is 14.7 Å². The second-order valence-electron chi connectivity index (χ2n) is 9.78. The van der Waals surface area contributed by atoms with Crippen LogP contribution in [0.3, 0.4) is 0 Å². The summed E-state index contributed by atoms with van der Waals surface area (Å²) in [4.78, 5) is 14.3. The summed E-state index contributed by atoms with van der Waals surface area (Å²) in [5, 5.41) is 10.6. The summed E-state index contributed by atoms with van der Waals surface area (Å²) in [6, 6.07) is 14.6. The summed E-state index contributed by atoms with van der Waals surface area (Å²) in [7, 11) is 0. The first kappa shape index (κ1) is 25.1. The molecule has 1 N–H and O–H groups in total. The summed E-state index contributed by atoms with van der Waals surface area (Å²) in [5.74, 6) is 2.70. The largest absolute Gasteiger partial charge is 0.491 e. The van der Waals surface area contributed by atoms with Gasteiger partial charge in [0.1, 0.15) is 30.1 Å². The van der Waals surface area contributed by atoms with Crippen LogP contribution < -0.4 is 9.64 Å². The van der Waals surface area contributed by atoms with Gasteiger partial charge in [0.05, 0.1) is 0 Å². The molecular weight excluding hydrogens is 436 g/mol. The van der Waals surface area contributed by atoms with Crippen molar-refractivity contribution in [1.29, 1.82) is 0 Å². The van der Waals surface area contributed by atoms with E-state index in [0.717, 1.165) is 61.2 Å². The van der Waals surface area contributed by atoms with E-state index in [-0.39, 0.29) is 0 Å². The van der Waals surface area contributed by atoms with Crippen LogP contribution in [0.25, 0.3) is 0 Å². The van der Waals surface area contributed by atoms with E-state index in [2.05, 4.69) is 53.8 Å². The number of β-amino-alcohol motifs (C(OH)–C–C–N with tert-alkyl or cyclic N) is 1. The van der Waals surface area contributed by atoms with Crippen molar-refractivity contribution < 1.29 is 9.84 Å². The molecule has 1 aliphatic rings. The topological polar surface area (TPSA) is 61.7 Å². The molecule has 1 atom stereocenters. The molecule has 1 fully saturated rings. The molecule has 0 saturated carbocycles. The first-order valence-corrected chi connectivity index (χ1v) is 12.5. The van der Waals surface area contributed by atoms with Crippen molar-refractivity contribution in [2.24, 2.45) is 0 Å². The molecule has 0 bridgehead atoms. The fourth-order valence-corrected chi connectivity index (χ4v) is 4.76. The van der Waals surface area contributed by atoms with Gasteiger partial charge in [-0.3, -0.25) is 4.90 Å². The van der Waals surface area contributed by atoms with Gasteiger partial charge in [-0.2, -0.15) is 0 Å². The van der Waals surface area contributed by atoms with Gasteiger partial charge in [-0.1, -0.05) is 42.0 Å². The molecule has 1 saturated heterocycles. The van der Waals surface area contributed by atoms with E-state index in [1.807, 2.05) is 38.1 Å². The molecule has 0 spiro atoms. The van der Waals surface area contributed by atoms with Crippen molar-refractivity contribution in [2.75, 3.05) is 44.2 Å². The summed E-state index contributed by atoms with van der Waals surface area (Å²) >= 11 is 0. The average molecular weight is 475 g/mol. The number of aliphatic hydroxyl groups is 1. The lowest BCUT2D eigenvalue weighted by molar-refractivity contribution is 0.0660. The molecule has 2 heterocycles. The molecule has 186 valence electrons. The van der Waals surface area contributed by atoms with Crippen molar-refractivity contribution >= 4 is 5.82 Å². The predicted molar refractivity (Wildman–Crippen MR) is 142 cm³/mol. The van der Waals surface area contributed by atoms with E-state index in [0.29, 0.717) is 13.2 Å². The van der Waals surface area contributed by atoms with Gasteiger partial charge in [0.15, 0.2) is 0 Å². The quantitative estimate of drug-likeness (QED) is 0.529. The zero-order valence-electron chi connectivity index (χ0n) is 21.7. The maximum absolute atomic E-state index is 10.6. The molecule has 3 aromatic rings. The third-order valence-electron chi connectivity index (χ3n) is 6.84. The van der Waals surface area contributed by atoms with Gasteiger partial charge in [-0.05, 0) is 57.4 Å². The highest BCUT2D eigenvalue weighted by Gasteiger charge is 2.24. The van der Waals surface area contributed by atoms with Crippen LogP contribution >= 0.6 is 0 Å². The van der Waals surface area contributed by atoms with E-state index in [1.165, 1.54) is 22.3 Å². The highest BCUT2D eigenvalue weighted by Crippen LogP contribution is 2.27. The zero-order chi connectivity index (χ0) is 24.9. The molecule has 1 aromatic heterocycles. The molecule has 0 unspecified atom stereocenters. The average Bonchev–Trinajstić information content (AvgIpc) is 2.83. The van der Waals surface area contributed by atoms with Crippen LogP contribution in [0.5, 0.6) is 5.75 Å². The first-order valence-electron chi connectivity index (χ1n) is 12.5. The van der Waals surface area contributed by atoms with Crippen molar-refractivity contribution in [3.8, 4) is 5.75 Å². The van der Waals surface area contributed by atoms with Gasteiger partial charge >= 0.3 is 0 Å². The summed E-state index contributed by atoms with van der Waals surface area (Å²) in [6.45, 7) is 14.8. The predicted octanol–water partition coefficient (Wildman–Crippen LogP) is 4.17. The lowest BCUT2D eigenvalue weighted by Crippen LogP contribution is -2.49. The van der Waals surface area contributed by atoms with E-state index in [1.54, 1.807) is 0 Å². The standard InChI is InChI=1S/C29H38N4O2/c1-20-10-11-21(2)25(16-20)17-27-23(4)30-24(5)31-29(27)33-14-12-32(13-15-33)18-26(34)19-35-28-9-7-6-8-22(28)3/h6-11,16,26,34H,12-15,17-19H2,1-5H3/t26-/m0/s1. The Bertz CT molecular complexity index is 1160. The van der Waals surface area contributed by atoms with Crippen LogP contribution in [0.2, 0.25) is 0 Å². The Balaban J connectivity index is 1.39. The molecule has 2 aromatic carbocycles. The Hall–Kier alpha value is -2.96. The number of hydrogen-bond acceptors (Lipinski definition) is 6.